The predicted octanol–water partition coefficient (Wildman–Crippen LogP) is 1.55. The van der Waals surface area contributed by atoms with Gasteiger partial charge in [-0.15, -0.1) is 0 Å². The first-order valence-corrected chi connectivity index (χ1v) is 6.57. The number of halogens is 2. The fourth-order valence-electron chi connectivity index (χ4n) is 3.31. The number of carbonyl (C=O) groups is 1. The van der Waals surface area contributed by atoms with Gasteiger partial charge in [-0.3, -0.25) is 4.79 Å². The standard InChI is InChI=1S/C14H16F2N2O/c15-11-3-2-9(6-12(11)16)10-7-18-13(19)14(10)4-1-5-17-8-14/h2-3,6,10,17H,1,4-5,7-8H2,(H,18,19). The highest BCUT2D eigenvalue weighted by atomic mass is 19.2. The monoisotopic (exact) mass is 266 g/mol. The first-order chi connectivity index (χ1) is 9.13. The molecule has 3 nitrogen and oxygen atoms in total. The molecule has 2 heterocycles. The number of hydrogen-bond donors (Lipinski definition) is 2. The van der Waals surface area contributed by atoms with Gasteiger partial charge in [0.25, 0.3) is 0 Å². The van der Waals surface area contributed by atoms with Crippen LogP contribution in [-0.4, -0.2) is 25.5 Å². The van der Waals surface area contributed by atoms with E-state index in [0.717, 1.165) is 25.5 Å². The Kier molecular flexibility index (Phi) is 3.01. The van der Waals surface area contributed by atoms with E-state index in [4.69, 9.17) is 0 Å². The molecule has 2 unspecified atom stereocenters. The highest BCUT2D eigenvalue weighted by Crippen LogP contribution is 2.44. The van der Waals surface area contributed by atoms with Gasteiger partial charge < -0.3 is 10.6 Å². The Balaban J connectivity index is 1.98. The number of amides is 1. The van der Waals surface area contributed by atoms with Gasteiger partial charge in [-0.2, -0.15) is 0 Å². The maximum absolute atomic E-state index is 13.4. The minimum atomic E-state index is -0.851. The van der Waals surface area contributed by atoms with Crippen LogP contribution in [0.3, 0.4) is 0 Å². The van der Waals surface area contributed by atoms with Crippen LogP contribution < -0.4 is 10.6 Å². The van der Waals surface area contributed by atoms with Gasteiger partial charge in [-0.1, -0.05) is 6.07 Å². The van der Waals surface area contributed by atoms with Gasteiger partial charge in [-0.25, -0.2) is 8.78 Å². The van der Waals surface area contributed by atoms with Crippen molar-refractivity contribution < 1.29 is 13.6 Å². The zero-order chi connectivity index (χ0) is 13.5. The van der Waals surface area contributed by atoms with Crippen molar-refractivity contribution in [3.63, 3.8) is 0 Å². The second-order valence-electron chi connectivity index (χ2n) is 5.37. The van der Waals surface area contributed by atoms with Crippen LogP contribution >= 0.6 is 0 Å². The highest BCUT2D eigenvalue weighted by molar-refractivity contribution is 5.87. The van der Waals surface area contributed by atoms with E-state index in [1.165, 1.54) is 6.07 Å². The molecule has 2 aliphatic rings. The van der Waals surface area contributed by atoms with Crippen molar-refractivity contribution in [1.82, 2.24) is 10.6 Å². The lowest BCUT2D eigenvalue weighted by Gasteiger charge is -2.36. The molecule has 2 aliphatic heterocycles. The van der Waals surface area contributed by atoms with Crippen molar-refractivity contribution in [2.24, 2.45) is 5.41 Å². The maximum atomic E-state index is 13.4. The highest BCUT2D eigenvalue weighted by Gasteiger charge is 2.51. The third-order valence-corrected chi connectivity index (χ3v) is 4.35. The van der Waals surface area contributed by atoms with Crippen molar-refractivity contribution in [2.75, 3.05) is 19.6 Å². The Bertz CT molecular complexity index is 512. The summed E-state index contributed by atoms with van der Waals surface area (Å²) in [6, 6.07) is 3.94. The van der Waals surface area contributed by atoms with Crippen molar-refractivity contribution in [2.45, 2.75) is 18.8 Å². The lowest BCUT2D eigenvalue weighted by Crippen LogP contribution is -2.47. The van der Waals surface area contributed by atoms with E-state index >= 15 is 0 Å². The second-order valence-corrected chi connectivity index (χ2v) is 5.37. The maximum Gasteiger partial charge on any atom is 0.228 e. The predicted molar refractivity (Wildman–Crippen MR) is 66.6 cm³/mol. The van der Waals surface area contributed by atoms with Crippen LogP contribution in [0.1, 0.15) is 24.3 Å². The Morgan fingerprint density at radius 3 is 2.79 bits per heavy atom. The third kappa shape index (κ3) is 1.92. The van der Waals surface area contributed by atoms with E-state index in [2.05, 4.69) is 10.6 Å². The molecule has 5 heteroatoms. The Morgan fingerprint density at radius 2 is 2.11 bits per heavy atom. The molecular formula is C14H16F2N2O. The summed E-state index contributed by atoms with van der Waals surface area (Å²) in [5.41, 5.74) is 0.184. The summed E-state index contributed by atoms with van der Waals surface area (Å²) < 4.78 is 26.4. The van der Waals surface area contributed by atoms with Crippen LogP contribution in [0.2, 0.25) is 0 Å². The van der Waals surface area contributed by atoms with Gasteiger partial charge in [0.1, 0.15) is 0 Å². The minimum absolute atomic E-state index is 0.0226. The zero-order valence-electron chi connectivity index (χ0n) is 10.5. The molecule has 1 spiro atoms. The number of benzene rings is 1. The van der Waals surface area contributed by atoms with Gasteiger partial charge in [-0.05, 0) is 37.1 Å². The molecule has 0 aliphatic carbocycles. The molecule has 102 valence electrons. The molecule has 1 aromatic rings. The minimum Gasteiger partial charge on any atom is -0.355 e. The first-order valence-electron chi connectivity index (χ1n) is 6.57. The summed E-state index contributed by atoms with van der Waals surface area (Å²) in [6.07, 6.45) is 1.71. The lowest BCUT2D eigenvalue weighted by atomic mass is 9.69. The van der Waals surface area contributed by atoms with Gasteiger partial charge in [0.05, 0.1) is 5.41 Å². The molecule has 1 amide bonds. The van der Waals surface area contributed by atoms with Crippen LogP contribution in [-0.2, 0) is 4.79 Å². The van der Waals surface area contributed by atoms with Crippen LogP contribution in [0.15, 0.2) is 18.2 Å². The SMILES string of the molecule is O=C1NCC(c2ccc(F)c(F)c2)C12CCCNC2. The molecule has 0 saturated carbocycles. The zero-order valence-corrected chi connectivity index (χ0v) is 10.5. The molecular weight excluding hydrogens is 250 g/mol. The van der Waals surface area contributed by atoms with Crippen LogP contribution in [0.25, 0.3) is 0 Å². The molecule has 0 aromatic heterocycles. The van der Waals surface area contributed by atoms with Gasteiger partial charge >= 0.3 is 0 Å². The second kappa shape index (κ2) is 4.56. The van der Waals surface area contributed by atoms with Crippen LogP contribution in [0, 0.1) is 17.0 Å². The molecule has 1 aromatic carbocycles. The van der Waals surface area contributed by atoms with Crippen molar-refractivity contribution in [3.8, 4) is 0 Å². The lowest BCUT2D eigenvalue weighted by molar-refractivity contribution is -0.129. The van der Waals surface area contributed by atoms with Gasteiger partial charge in [0.15, 0.2) is 11.6 Å². The van der Waals surface area contributed by atoms with Crippen molar-refractivity contribution in [3.05, 3.63) is 35.4 Å². The summed E-state index contributed by atoms with van der Waals surface area (Å²) in [5, 5.41) is 6.11. The summed E-state index contributed by atoms with van der Waals surface area (Å²) in [5.74, 6) is -1.77. The van der Waals surface area contributed by atoms with Gasteiger partial charge in [0.2, 0.25) is 5.91 Å². The topological polar surface area (TPSA) is 41.1 Å². The Morgan fingerprint density at radius 1 is 1.26 bits per heavy atom. The van der Waals surface area contributed by atoms with E-state index in [1.807, 2.05) is 0 Å². The summed E-state index contributed by atoms with van der Waals surface area (Å²) >= 11 is 0. The third-order valence-electron chi connectivity index (χ3n) is 4.35. The van der Waals surface area contributed by atoms with E-state index in [-0.39, 0.29) is 11.8 Å². The first kappa shape index (κ1) is 12.5. The Hall–Kier alpha value is -1.49. The molecule has 3 rings (SSSR count). The molecule has 2 N–H and O–H groups in total. The molecule has 2 fully saturated rings. The average Bonchev–Trinajstić information content (AvgIpc) is 2.72. The average molecular weight is 266 g/mol. The smallest absolute Gasteiger partial charge is 0.228 e. The van der Waals surface area contributed by atoms with Gasteiger partial charge in [0, 0.05) is 19.0 Å². The largest absolute Gasteiger partial charge is 0.355 e. The fourth-order valence-corrected chi connectivity index (χ4v) is 3.31. The fraction of sp³-hybridized carbons (Fsp3) is 0.500. The van der Waals surface area contributed by atoms with E-state index in [0.29, 0.717) is 18.7 Å². The molecule has 0 bridgehead atoms. The molecule has 0 radical (unpaired) electrons. The number of carbonyl (C=O) groups excluding carboxylic acids is 1. The normalized spacial score (nSPS) is 30.6. The number of piperidine rings is 1. The Labute approximate surface area is 110 Å². The number of hydrogen-bond acceptors (Lipinski definition) is 2. The van der Waals surface area contributed by atoms with E-state index in [1.54, 1.807) is 6.07 Å². The number of nitrogens with one attached hydrogen (secondary N) is 2. The van der Waals surface area contributed by atoms with Crippen LogP contribution in [0.5, 0.6) is 0 Å². The van der Waals surface area contributed by atoms with Crippen molar-refractivity contribution in [1.29, 1.82) is 0 Å². The molecule has 19 heavy (non-hydrogen) atoms. The van der Waals surface area contributed by atoms with E-state index < -0.39 is 17.0 Å². The quantitative estimate of drug-likeness (QED) is 0.809. The van der Waals surface area contributed by atoms with Crippen molar-refractivity contribution >= 4 is 5.91 Å². The summed E-state index contributed by atoms with van der Waals surface area (Å²) in [7, 11) is 0. The van der Waals surface area contributed by atoms with Crippen LogP contribution in [0.4, 0.5) is 8.78 Å². The molecule has 2 atom stereocenters. The van der Waals surface area contributed by atoms with E-state index in [9.17, 15) is 13.6 Å². The summed E-state index contributed by atoms with van der Waals surface area (Å²) in [4.78, 5) is 12.2. The number of rotatable bonds is 1. The molecule has 2 saturated heterocycles. The summed E-state index contributed by atoms with van der Waals surface area (Å²) in [6.45, 7) is 1.99.